The predicted octanol–water partition coefficient (Wildman–Crippen LogP) is 5.62. The summed E-state index contributed by atoms with van der Waals surface area (Å²) in [7, 11) is 1.64. The van der Waals surface area contributed by atoms with Gasteiger partial charge in [0.15, 0.2) is 11.0 Å². The second-order valence-electron chi connectivity index (χ2n) is 7.57. The Hall–Kier alpha value is -2.32. The van der Waals surface area contributed by atoms with Gasteiger partial charge in [0.05, 0.1) is 18.6 Å². The van der Waals surface area contributed by atoms with Crippen LogP contribution in [0.15, 0.2) is 58.5 Å². The van der Waals surface area contributed by atoms with Crippen LogP contribution in [0.25, 0.3) is 0 Å². The summed E-state index contributed by atoms with van der Waals surface area (Å²) in [6, 6.07) is 15.9. The summed E-state index contributed by atoms with van der Waals surface area (Å²) >= 11 is 1.25. The zero-order valence-electron chi connectivity index (χ0n) is 17.6. The van der Waals surface area contributed by atoms with E-state index in [1.807, 2.05) is 55.5 Å². The highest BCUT2D eigenvalue weighted by Gasteiger charge is 2.51. The number of methoxy groups -OCH3 is 1. The first-order valence-corrected chi connectivity index (χ1v) is 11.0. The first-order chi connectivity index (χ1) is 14.5. The highest BCUT2D eigenvalue weighted by molar-refractivity contribution is 8.93. The third-order valence-electron chi connectivity index (χ3n) is 5.66. The van der Waals surface area contributed by atoms with Crippen LogP contribution in [-0.4, -0.2) is 40.5 Å². The number of para-hydroxylation sites is 1. The molecule has 4 rings (SSSR count). The van der Waals surface area contributed by atoms with E-state index in [4.69, 9.17) is 14.7 Å². The molecule has 1 fully saturated rings. The van der Waals surface area contributed by atoms with Crippen molar-refractivity contribution in [3.05, 3.63) is 54.1 Å². The van der Waals surface area contributed by atoms with E-state index in [0.29, 0.717) is 5.17 Å². The minimum Gasteiger partial charge on any atom is -0.497 e. The maximum absolute atomic E-state index is 11.3. The number of anilines is 1. The van der Waals surface area contributed by atoms with Crippen LogP contribution in [-0.2, 0) is 4.79 Å². The molecule has 0 unspecified atom stereocenters. The molecular weight excluding hydrogens is 478 g/mol. The molecule has 8 heteroatoms. The van der Waals surface area contributed by atoms with E-state index >= 15 is 0 Å². The van der Waals surface area contributed by atoms with Crippen LogP contribution < -0.4 is 9.64 Å². The monoisotopic (exact) mass is 503 g/mol. The number of carbonyl (C=O) groups is 1. The summed E-state index contributed by atoms with van der Waals surface area (Å²) in [5.74, 6) is 0.656. The van der Waals surface area contributed by atoms with E-state index in [1.165, 1.54) is 11.8 Å². The van der Waals surface area contributed by atoms with Crippen LogP contribution in [0, 0.1) is 6.92 Å². The molecule has 0 amide bonds. The number of thioether (sulfide) groups is 1. The topological polar surface area (TPSA) is 74.5 Å². The van der Waals surface area contributed by atoms with Gasteiger partial charge in [0.1, 0.15) is 11.3 Å². The van der Waals surface area contributed by atoms with Gasteiger partial charge in [-0.1, -0.05) is 42.8 Å². The van der Waals surface area contributed by atoms with Crippen molar-refractivity contribution in [3.8, 4) is 5.75 Å². The molecule has 164 valence electrons. The van der Waals surface area contributed by atoms with Gasteiger partial charge in [0.2, 0.25) is 0 Å². The molecule has 2 aromatic rings. The normalized spacial score (nSPS) is 18.2. The fraction of sp³-hybridized carbons (Fsp3) is 0.348. The third-order valence-corrected chi connectivity index (χ3v) is 6.59. The zero-order valence-corrected chi connectivity index (χ0v) is 20.1. The Labute approximate surface area is 197 Å². The van der Waals surface area contributed by atoms with Crippen molar-refractivity contribution >= 4 is 57.1 Å². The Bertz CT molecular complexity index is 1000. The van der Waals surface area contributed by atoms with Gasteiger partial charge in [-0.25, -0.2) is 9.98 Å². The Morgan fingerprint density at radius 3 is 2.48 bits per heavy atom. The summed E-state index contributed by atoms with van der Waals surface area (Å²) in [4.78, 5) is 23.3. The molecule has 0 saturated heterocycles. The minimum absolute atomic E-state index is 0. The molecular formula is C23H26BrN3O3S. The molecule has 1 aliphatic heterocycles. The van der Waals surface area contributed by atoms with Crippen molar-refractivity contribution in [3.63, 3.8) is 0 Å². The average Bonchev–Trinajstić information content (AvgIpc) is 3.34. The highest BCUT2D eigenvalue weighted by atomic mass is 79.9. The maximum atomic E-state index is 11.3. The van der Waals surface area contributed by atoms with E-state index in [9.17, 15) is 9.90 Å². The first kappa shape index (κ1) is 23.3. The standard InChI is InChI=1S/C23H25N3O3S.BrH/c1-16-7-3-4-8-19(16)24-21-23(13-5-6-14-23)26(22(25-21)30-15-20(27)28)17-9-11-18(29-2)12-10-17;/h3-4,7-12H,5-6,13-15H2,1-2H3,(H,27,28);1H. The highest BCUT2D eigenvalue weighted by Crippen LogP contribution is 2.46. The fourth-order valence-corrected chi connectivity index (χ4v) is 4.99. The predicted molar refractivity (Wildman–Crippen MR) is 133 cm³/mol. The van der Waals surface area contributed by atoms with Gasteiger partial charge in [-0.05, 0) is 55.7 Å². The molecule has 6 nitrogen and oxygen atoms in total. The van der Waals surface area contributed by atoms with Gasteiger partial charge >= 0.3 is 5.97 Å². The zero-order chi connectivity index (χ0) is 21.1. The van der Waals surface area contributed by atoms with Gasteiger partial charge in [-0.3, -0.25) is 4.79 Å². The van der Waals surface area contributed by atoms with E-state index in [1.54, 1.807) is 7.11 Å². The number of carboxylic acids is 1. The van der Waals surface area contributed by atoms with Crippen molar-refractivity contribution in [1.82, 2.24) is 0 Å². The first-order valence-electron chi connectivity index (χ1n) is 10.1. The van der Waals surface area contributed by atoms with E-state index in [-0.39, 0.29) is 28.3 Å². The van der Waals surface area contributed by atoms with Crippen LogP contribution >= 0.6 is 28.7 Å². The van der Waals surface area contributed by atoms with Crippen LogP contribution in [0.4, 0.5) is 11.4 Å². The van der Waals surface area contributed by atoms with E-state index < -0.39 is 5.97 Å². The molecule has 31 heavy (non-hydrogen) atoms. The number of rotatable bonds is 5. The number of halogens is 1. The molecule has 0 aromatic heterocycles. The van der Waals surface area contributed by atoms with E-state index in [0.717, 1.165) is 54.2 Å². The smallest absolute Gasteiger partial charge is 0.313 e. The number of nitrogens with zero attached hydrogens (tertiary/aromatic N) is 3. The van der Waals surface area contributed by atoms with Crippen LogP contribution in [0.5, 0.6) is 5.75 Å². The fourth-order valence-electron chi connectivity index (χ4n) is 4.18. The number of benzene rings is 2. The second kappa shape index (κ2) is 9.87. The SMILES string of the molecule is Br.COc1ccc(N2C(SCC(=O)O)=NC(=Nc3ccccc3C)C23CCCC3)cc1. The van der Waals surface area contributed by atoms with Crippen LogP contribution in [0.1, 0.15) is 31.2 Å². The Kier molecular flexibility index (Phi) is 7.43. The molecule has 1 N–H and O–H groups in total. The Morgan fingerprint density at radius 1 is 1.19 bits per heavy atom. The maximum Gasteiger partial charge on any atom is 0.313 e. The molecule has 1 heterocycles. The summed E-state index contributed by atoms with van der Waals surface area (Å²) < 4.78 is 5.31. The largest absolute Gasteiger partial charge is 0.497 e. The number of aliphatic imine (C=N–C) groups is 2. The van der Waals surface area contributed by atoms with Crippen molar-refractivity contribution in [2.24, 2.45) is 9.98 Å². The Balaban J connectivity index is 0.00000272. The van der Waals surface area contributed by atoms with Crippen molar-refractivity contribution in [2.45, 2.75) is 38.1 Å². The molecule has 1 spiro atoms. The van der Waals surface area contributed by atoms with Crippen molar-refractivity contribution in [2.75, 3.05) is 17.8 Å². The van der Waals surface area contributed by atoms with Crippen molar-refractivity contribution < 1.29 is 14.6 Å². The number of carboxylic acid groups (broad SMARTS) is 1. The van der Waals surface area contributed by atoms with Crippen LogP contribution in [0.3, 0.4) is 0 Å². The van der Waals surface area contributed by atoms with Crippen molar-refractivity contribution in [1.29, 1.82) is 0 Å². The molecule has 2 aliphatic rings. The summed E-state index contributed by atoms with van der Waals surface area (Å²) in [5.41, 5.74) is 2.62. The molecule has 1 aliphatic carbocycles. The van der Waals surface area contributed by atoms with Gasteiger partial charge in [0.25, 0.3) is 0 Å². The lowest BCUT2D eigenvalue weighted by molar-refractivity contribution is -0.133. The lowest BCUT2D eigenvalue weighted by Gasteiger charge is -2.36. The van der Waals surface area contributed by atoms with E-state index in [2.05, 4.69) is 4.90 Å². The minimum atomic E-state index is -0.859. The summed E-state index contributed by atoms with van der Waals surface area (Å²) in [6.45, 7) is 2.04. The molecule has 2 aromatic carbocycles. The van der Waals surface area contributed by atoms with Gasteiger partial charge in [0, 0.05) is 5.69 Å². The third kappa shape index (κ3) is 4.65. The average molecular weight is 504 g/mol. The lowest BCUT2D eigenvalue weighted by Crippen LogP contribution is -2.49. The number of amidine groups is 2. The van der Waals surface area contributed by atoms with Crippen LogP contribution in [0.2, 0.25) is 0 Å². The second-order valence-corrected chi connectivity index (χ2v) is 8.51. The number of aryl methyl sites for hydroxylation is 1. The molecule has 0 atom stereocenters. The molecule has 0 bridgehead atoms. The number of aliphatic carboxylic acids is 1. The van der Waals surface area contributed by atoms with Gasteiger partial charge in [-0.2, -0.15) is 0 Å². The quantitative estimate of drug-likeness (QED) is 0.572. The molecule has 0 radical (unpaired) electrons. The lowest BCUT2D eigenvalue weighted by atomic mass is 9.94. The van der Waals surface area contributed by atoms with Gasteiger partial charge < -0.3 is 14.7 Å². The summed E-state index contributed by atoms with van der Waals surface area (Å²) in [5, 5.41) is 9.94. The summed E-state index contributed by atoms with van der Waals surface area (Å²) in [6.07, 6.45) is 4.05. The Morgan fingerprint density at radius 2 is 1.87 bits per heavy atom. The van der Waals surface area contributed by atoms with Gasteiger partial charge in [-0.15, -0.1) is 17.0 Å². The number of ether oxygens (including phenoxy) is 1. The number of hydrogen-bond acceptors (Lipinski definition) is 5. The molecule has 1 saturated carbocycles. The number of hydrogen-bond donors (Lipinski definition) is 1.